The van der Waals surface area contributed by atoms with Gasteiger partial charge >= 0.3 is 0 Å². The number of hydrogen-bond acceptors (Lipinski definition) is 4. The van der Waals surface area contributed by atoms with Gasteiger partial charge in [-0.3, -0.25) is 9.69 Å². The molecule has 0 spiro atoms. The van der Waals surface area contributed by atoms with Gasteiger partial charge in [-0.2, -0.15) is 0 Å². The molecule has 1 atom stereocenters. The molecule has 1 amide bonds. The van der Waals surface area contributed by atoms with E-state index in [9.17, 15) is 4.79 Å². The number of aliphatic hydroxyl groups is 1. The second kappa shape index (κ2) is 8.51. The summed E-state index contributed by atoms with van der Waals surface area (Å²) in [7, 11) is 0. The smallest absolute Gasteiger partial charge is 0.222 e. The molecule has 0 saturated carbocycles. The molecule has 0 aromatic rings. The second-order valence-corrected chi connectivity index (χ2v) is 5.88. The van der Waals surface area contributed by atoms with Crippen LogP contribution in [0.3, 0.4) is 0 Å². The first-order chi connectivity index (χ1) is 9.06. The van der Waals surface area contributed by atoms with Crippen LogP contribution in [0.1, 0.15) is 26.7 Å². The van der Waals surface area contributed by atoms with Gasteiger partial charge in [0.2, 0.25) is 5.91 Å². The van der Waals surface area contributed by atoms with Crippen molar-refractivity contribution in [3.63, 3.8) is 0 Å². The van der Waals surface area contributed by atoms with Gasteiger partial charge in [-0.15, -0.1) is 0 Å². The van der Waals surface area contributed by atoms with Crippen molar-refractivity contribution in [2.45, 2.75) is 26.7 Å². The molecule has 5 heteroatoms. The molecule has 0 aromatic heterocycles. The highest BCUT2D eigenvalue weighted by atomic mass is 16.3. The summed E-state index contributed by atoms with van der Waals surface area (Å²) in [5, 5.41) is 8.89. The maximum Gasteiger partial charge on any atom is 0.222 e. The van der Waals surface area contributed by atoms with Gasteiger partial charge in [0.05, 0.1) is 6.61 Å². The number of carbonyl (C=O) groups is 1. The number of piperazine rings is 1. The van der Waals surface area contributed by atoms with Crippen LogP contribution in [-0.2, 0) is 4.79 Å². The zero-order chi connectivity index (χ0) is 14.3. The van der Waals surface area contributed by atoms with Gasteiger partial charge in [0, 0.05) is 39.1 Å². The molecule has 1 fully saturated rings. The topological polar surface area (TPSA) is 69.8 Å². The average molecular weight is 271 g/mol. The van der Waals surface area contributed by atoms with Gasteiger partial charge in [0.25, 0.3) is 0 Å². The maximum absolute atomic E-state index is 12.2. The van der Waals surface area contributed by atoms with Crippen LogP contribution in [-0.4, -0.2) is 66.7 Å². The van der Waals surface area contributed by atoms with Gasteiger partial charge < -0.3 is 15.7 Å². The number of aliphatic hydroxyl groups excluding tert-OH is 1. The van der Waals surface area contributed by atoms with Crippen molar-refractivity contribution in [1.29, 1.82) is 0 Å². The number of β-amino-alcohol motifs (C(OH)–C–C–N with tert-alkyl or cyclic N) is 1. The minimum absolute atomic E-state index is 0.192. The SMILES string of the molecule is CC(C)C[C@H](CN)CC(=O)N1CCN(CCO)CC1. The Balaban J connectivity index is 2.33. The normalized spacial score (nSPS) is 18.9. The quantitative estimate of drug-likeness (QED) is 0.691. The summed E-state index contributed by atoms with van der Waals surface area (Å²) in [4.78, 5) is 16.4. The molecule has 1 saturated heterocycles. The summed E-state index contributed by atoms with van der Waals surface area (Å²) >= 11 is 0. The lowest BCUT2D eigenvalue weighted by Crippen LogP contribution is -2.49. The summed E-state index contributed by atoms with van der Waals surface area (Å²) in [6, 6.07) is 0. The fraction of sp³-hybridized carbons (Fsp3) is 0.929. The highest BCUT2D eigenvalue weighted by Crippen LogP contribution is 2.16. The van der Waals surface area contributed by atoms with Gasteiger partial charge in [-0.05, 0) is 24.8 Å². The summed E-state index contributed by atoms with van der Waals surface area (Å²) in [6.45, 7) is 9.11. The Hall–Kier alpha value is -0.650. The highest BCUT2D eigenvalue weighted by molar-refractivity contribution is 5.76. The van der Waals surface area contributed by atoms with E-state index < -0.39 is 0 Å². The first-order valence-electron chi connectivity index (χ1n) is 7.37. The Bertz CT molecular complexity index is 263. The van der Waals surface area contributed by atoms with Crippen LogP contribution >= 0.6 is 0 Å². The van der Waals surface area contributed by atoms with Crippen molar-refractivity contribution < 1.29 is 9.90 Å². The maximum atomic E-state index is 12.2. The van der Waals surface area contributed by atoms with Gasteiger partial charge in [0.1, 0.15) is 0 Å². The lowest BCUT2D eigenvalue weighted by atomic mass is 9.93. The van der Waals surface area contributed by atoms with Crippen molar-refractivity contribution in [3.8, 4) is 0 Å². The van der Waals surface area contributed by atoms with Crippen molar-refractivity contribution in [2.24, 2.45) is 17.6 Å². The zero-order valence-corrected chi connectivity index (χ0v) is 12.3. The van der Waals surface area contributed by atoms with E-state index in [0.717, 1.165) is 32.6 Å². The van der Waals surface area contributed by atoms with E-state index in [1.54, 1.807) is 0 Å². The molecule has 0 unspecified atom stereocenters. The van der Waals surface area contributed by atoms with E-state index in [1.807, 2.05) is 4.90 Å². The number of hydrogen-bond donors (Lipinski definition) is 2. The Morgan fingerprint density at radius 1 is 1.26 bits per heavy atom. The molecule has 1 aliphatic heterocycles. The molecule has 0 bridgehead atoms. The Morgan fingerprint density at radius 3 is 2.37 bits per heavy atom. The minimum atomic E-state index is 0.192. The third-order valence-corrected chi connectivity index (χ3v) is 3.74. The largest absolute Gasteiger partial charge is 0.395 e. The Labute approximate surface area is 116 Å². The van der Waals surface area contributed by atoms with Crippen molar-refractivity contribution in [2.75, 3.05) is 45.9 Å². The minimum Gasteiger partial charge on any atom is -0.395 e. The van der Waals surface area contributed by atoms with Crippen LogP contribution in [0.2, 0.25) is 0 Å². The predicted octanol–water partition coefficient (Wildman–Crippen LogP) is 0.134. The first kappa shape index (κ1) is 16.4. The molecule has 1 rings (SSSR count). The summed E-state index contributed by atoms with van der Waals surface area (Å²) in [6.07, 6.45) is 1.60. The predicted molar refractivity (Wildman–Crippen MR) is 76.7 cm³/mol. The molecule has 112 valence electrons. The Kier molecular flexibility index (Phi) is 7.34. The number of amides is 1. The number of nitrogens with zero attached hydrogens (tertiary/aromatic N) is 2. The monoisotopic (exact) mass is 271 g/mol. The fourth-order valence-corrected chi connectivity index (χ4v) is 2.67. The molecular weight excluding hydrogens is 242 g/mol. The van der Waals surface area contributed by atoms with E-state index in [0.29, 0.717) is 31.3 Å². The number of rotatable bonds is 7. The molecule has 1 aliphatic rings. The van der Waals surface area contributed by atoms with Crippen LogP contribution in [0.25, 0.3) is 0 Å². The highest BCUT2D eigenvalue weighted by Gasteiger charge is 2.23. The van der Waals surface area contributed by atoms with Crippen LogP contribution < -0.4 is 5.73 Å². The number of carbonyl (C=O) groups excluding carboxylic acids is 1. The molecule has 0 radical (unpaired) electrons. The lowest BCUT2D eigenvalue weighted by molar-refractivity contribution is -0.134. The van der Waals surface area contributed by atoms with E-state index >= 15 is 0 Å². The van der Waals surface area contributed by atoms with Crippen LogP contribution in [0, 0.1) is 11.8 Å². The summed E-state index contributed by atoms with van der Waals surface area (Å²) < 4.78 is 0. The molecule has 0 aliphatic carbocycles. The Morgan fingerprint density at radius 2 is 1.89 bits per heavy atom. The summed E-state index contributed by atoms with van der Waals surface area (Å²) in [5.74, 6) is 1.13. The van der Waals surface area contributed by atoms with E-state index in [-0.39, 0.29) is 12.5 Å². The second-order valence-electron chi connectivity index (χ2n) is 5.88. The van der Waals surface area contributed by atoms with Crippen molar-refractivity contribution in [1.82, 2.24) is 9.80 Å². The van der Waals surface area contributed by atoms with Crippen molar-refractivity contribution in [3.05, 3.63) is 0 Å². The lowest BCUT2D eigenvalue weighted by Gasteiger charge is -2.35. The molecule has 19 heavy (non-hydrogen) atoms. The fourth-order valence-electron chi connectivity index (χ4n) is 2.67. The van der Waals surface area contributed by atoms with E-state index in [1.165, 1.54) is 0 Å². The van der Waals surface area contributed by atoms with Crippen molar-refractivity contribution >= 4 is 5.91 Å². The standard InChI is InChI=1S/C14H29N3O2/c1-12(2)9-13(11-15)10-14(19)17-5-3-16(4-6-17)7-8-18/h12-13,18H,3-11,15H2,1-2H3/t13-/m0/s1. The molecule has 0 aromatic carbocycles. The van der Waals surface area contributed by atoms with Crippen LogP contribution in [0.5, 0.6) is 0 Å². The summed E-state index contributed by atoms with van der Waals surface area (Å²) in [5.41, 5.74) is 5.75. The third kappa shape index (κ3) is 5.89. The molecular formula is C14H29N3O2. The average Bonchev–Trinajstić information content (AvgIpc) is 2.38. The molecule has 3 N–H and O–H groups in total. The molecule has 1 heterocycles. The van der Waals surface area contributed by atoms with Crippen LogP contribution in [0.15, 0.2) is 0 Å². The van der Waals surface area contributed by atoms with Gasteiger partial charge in [0.15, 0.2) is 0 Å². The molecule has 5 nitrogen and oxygen atoms in total. The van der Waals surface area contributed by atoms with Gasteiger partial charge in [-0.25, -0.2) is 0 Å². The first-order valence-corrected chi connectivity index (χ1v) is 7.37. The van der Waals surface area contributed by atoms with E-state index in [2.05, 4.69) is 18.7 Å². The van der Waals surface area contributed by atoms with E-state index in [4.69, 9.17) is 10.8 Å². The third-order valence-electron chi connectivity index (χ3n) is 3.74. The number of nitrogens with two attached hydrogens (primary N) is 1. The van der Waals surface area contributed by atoms with Gasteiger partial charge in [-0.1, -0.05) is 13.8 Å². The zero-order valence-electron chi connectivity index (χ0n) is 12.3. The van der Waals surface area contributed by atoms with Crippen LogP contribution in [0.4, 0.5) is 0 Å².